The molecule has 2 aliphatic rings. The van der Waals surface area contributed by atoms with Crippen LogP contribution in [0.5, 0.6) is 0 Å². The summed E-state index contributed by atoms with van der Waals surface area (Å²) < 4.78 is 22.2. The Morgan fingerprint density at radius 1 is 1.02 bits per heavy atom. The lowest BCUT2D eigenvalue weighted by Gasteiger charge is -2.32. The molecule has 47 heavy (non-hydrogen) atoms. The molecular formula is C34H53N3O10. The van der Waals surface area contributed by atoms with E-state index in [9.17, 15) is 24.3 Å². The van der Waals surface area contributed by atoms with E-state index in [-0.39, 0.29) is 31.3 Å². The molecule has 0 bridgehead atoms. The number of hydrogen-bond donors (Lipinski definition) is 2. The van der Waals surface area contributed by atoms with Crippen LogP contribution < -0.4 is 4.90 Å². The van der Waals surface area contributed by atoms with E-state index >= 15 is 0 Å². The number of aliphatic hydroxyl groups excluding tert-OH is 1. The number of nitrogens with zero attached hydrogens (tertiary/aromatic N) is 3. The Hall–Kier alpha value is -3.42. The van der Waals surface area contributed by atoms with Crippen LogP contribution in [-0.4, -0.2) is 121 Å². The van der Waals surface area contributed by atoms with Crippen LogP contribution in [0.3, 0.4) is 0 Å². The van der Waals surface area contributed by atoms with Crippen LogP contribution in [0.2, 0.25) is 0 Å². The Morgan fingerprint density at radius 2 is 1.64 bits per heavy atom. The molecule has 1 saturated heterocycles. The fourth-order valence-electron chi connectivity index (χ4n) is 5.16. The summed E-state index contributed by atoms with van der Waals surface area (Å²) >= 11 is 0. The van der Waals surface area contributed by atoms with Crippen molar-refractivity contribution in [2.75, 3.05) is 51.9 Å². The molecule has 1 heterocycles. The van der Waals surface area contributed by atoms with E-state index in [1.807, 2.05) is 24.3 Å². The Bertz CT molecular complexity index is 1190. The van der Waals surface area contributed by atoms with Gasteiger partial charge in [-0.1, -0.05) is 31.9 Å². The zero-order chi connectivity index (χ0) is 34.9. The lowest BCUT2D eigenvalue weighted by Crippen LogP contribution is -2.50. The summed E-state index contributed by atoms with van der Waals surface area (Å²) in [7, 11) is 2.92. The van der Waals surface area contributed by atoms with Gasteiger partial charge in [0, 0.05) is 39.3 Å². The lowest BCUT2D eigenvalue weighted by atomic mass is 10.0. The van der Waals surface area contributed by atoms with Crippen LogP contribution in [0.4, 0.5) is 10.5 Å². The smallest absolute Gasteiger partial charge is 0.410 e. The van der Waals surface area contributed by atoms with Gasteiger partial charge in [0.15, 0.2) is 12.2 Å². The highest BCUT2D eigenvalue weighted by Gasteiger charge is 2.39. The number of benzene rings is 1. The second-order valence-electron chi connectivity index (χ2n) is 13.8. The molecule has 1 aromatic carbocycles. The van der Waals surface area contributed by atoms with Gasteiger partial charge in [0.1, 0.15) is 17.9 Å². The number of esters is 1. The van der Waals surface area contributed by atoms with Gasteiger partial charge in [-0.3, -0.25) is 9.69 Å². The zero-order valence-corrected chi connectivity index (χ0v) is 28.8. The topological polar surface area (TPSA) is 155 Å². The number of carbonyl (C=O) groups is 4. The van der Waals surface area contributed by atoms with E-state index in [2.05, 4.69) is 4.90 Å². The molecule has 13 nitrogen and oxygen atoms in total. The summed E-state index contributed by atoms with van der Waals surface area (Å²) in [5.41, 5.74) is 0.999. The number of morpholine rings is 1. The molecule has 1 aliphatic carbocycles. The first-order chi connectivity index (χ1) is 22.1. The number of carbonyl (C=O) groups excluding carboxylic acids is 3. The Kier molecular flexibility index (Phi) is 13.9. The molecule has 13 heteroatoms. The van der Waals surface area contributed by atoms with Crippen molar-refractivity contribution in [2.45, 2.75) is 96.8 Å². The normalized spacial score (nSPS) is 18.3. The number of hydrogen-bond acceptors (Lipinski definition) is 10. The molecule has 1 saturated carbocycles. The van der Waals surface area contributed by atoms with Crippen molar-refractivity contribution in [1.29, 1.82) is 0 Å². The summed E-state index contributed by atoms with van der Waals surface area (Å²) in [4.78, 5) is 56.3. The monoisotopic (exact) mass is 663 g/mol. The van der Waals surface area contributed by atoms with E-state index in [0.29, 0.717) is 19.6 Å². The van der Waals surface area contributed by atoms with E-state index in [1.165, 1.54) is 25.9 Å². The molecule has 2 fully saturated rings. The Balaban J connectivity index is 1.79. The maximum absolute atomic E-state index is 13.9. The summed E-state index contributed by atoms with van der Waals surface area (Å²) in [5, 5.41) is 20.0. The fourth-order valence-corrected chi connectivity index (χ4v) is 5.16. The first kappa shape index (κ1) is 38.0. The SMILES string of the molecule is CC(CO[C@H](C)C(=O)O)C[C@@H](O)N(C)C(=O)[C@@H](Cc1ccc(N2CCOCC2)cc1)OC(=O)[C@H](CC1CC1)N(C)C(=O)OC(C)(C)C. The van der Waals surface area contributed by atoms with Crippen molar-refractivity contribution in [3.63, 3.8) is 0 Å². The predicted molar refractivity (Wildman–Crippen MR) is 174 cm³/mol. The van der Waals surface area contributed by atoms with Crippen LogP contribution in [0, 0.1) is 11.8 Å². The summed E-state index contributed by atoms with van der Waals surface area (Å²) in [6.45, 7) is 11.3. The van der Waals surface area contributed by atoms with E-state index in [1.54, 1.807) is 27.7 Å². The zero-order valence-electron chi connectivity index (χ0n) is 28.8. The fraction of sp³-hybridized carbons (Fsp3) is 0.706. The minimum atomic E-state index is -1.29. The van der Waals surface area contributed by atoms with Gasteiger partial charge in [0.2, 0.25) is 0 Å². The Morgan fingerprint density at radius 3 is 2.19 bits per heavy atom. The average Bonchev–Trinajstić information content (AvgIpc) is 3.85. The average molecular weight is 664 g/mol. The van der Waals surface area contributed by atoms with Gasteiger partial charge in [0.05, 0.1) is 19.8 Å². The highest BCUT2D eigenvalue weighted by molar-refractivity contribution is 5.87. The molecule has 2 N–H and O–H groups in total. The van der Waals surface area contributed by atoms with Gasteiger partial charge in [-0.25, -0.2) is 14.4 Å². The second kappa shape index (κ2) is 17.1. The van der Waals surface area contributed by atoms with Crippen molar-refractivity contribution >= 4 is 29.6 Å². The molecule has 2 amide bonds. The lowest BCUT2D eigenvalue weighted by molar-refractivity contribution is -0.168. The first-order valence-corrected chi connectivity index (χ1v) is 16.4. The van der Waals surface area contributed by atoms with Gasteiger partial charge in [-0.15, -0.1) is 0 Å². The van der Waals surface area contributed by atoms with Gasteiger partial charge < -0.3 is 39.0 Å². The van der Waals surface area contributed by atoms with Crippen molar-refractivity contribution in [2.24, 2.45) is 11.8 Å². The number of aliphatic hydroxyl groups is 1. The molecular weight excluding hydrogens is 610 g/mol. The van der Waals surface area contributed by atoms with Gasteiger partial charge in [0.25, 0.3) is 5.91 Å². The Labute approximate surface area is 278 Å². The van der Waals surface area contributed by atoms with E-state index in [4.69, 9.17) is 24.1 Å². The van der Waals surface area contributed by atoms with Crippen LogP contribution >= 0.6 is 0 Å². The van der Waals surface area contributed by atoms with Crippen LogP contribution in [0.25, 0.3) is 0 Å². The molecule has 5 atom stereocenters. The molecule has 1 unspecified atom stereocenters. The number of aliphatic carboxylic acids is 1. The number of carboxylic acid groups (broad SMARTS) is 1. The van der Waals surface area contributed by atoms with E-state index in [0.717, 1.165) is 42.1 Å². The standard InChI is InChI=1S/C34H53N3O10/c1-22(21-45-23(2)31(40)41)18-29(38)36(7)30(39)28(20-25-10-12-26(13-11-25)37-14-16-44-17-15-37)46-32(42)27(19-24-8-9-24)35(6)33(43)47-34(3,4)5/h10-13,22-24,27-29,38H,8-9,14-21H2,1-7H3,(H,40,41)/t22?,23-,27+,28-,29-/m1/s1. The highest BCUT2D eigenvalue weighted by atomic mass is 16.6. The number of rotatable bonds is 16. The molecule has 0 spiro atoms. The largest absolute Gasteiger partial charge is 0.479 e. The van der Waals surface area contributed by atoms with Crippen molar-refractivity contribution in [3.05, 3.63) is 29.8 Å². The van der Waals surface area contributed by atoms with Crippen LogP contribution in [0.15, 0.2) is 24.3 Å². The summed E-state index contributed by atoms with van der Waals surface area (Å²) in [6, 6.07) is 6.71. The number of likely N-dealkylation sites (N-methyl/N-ethyl adjacent to an activating group) is 2. The van der Waals surface area contributed by atoms with Crippen molar-refractivity contribution in [1.82, 2.24) is 9.80 Å². The third-order valence-corrected chi connectivity index (χ3v) is 8.33. The number of ether oxygens (including phenoxy) is 4. The summed E-state index contributed by atoms with van der Waals surface area (Å²) in [6.07, 6.45) is -1.80. The third-order valence-electron chi connectivity index (χ3n) is 8.33. The van der Waals surface area contributed by atoms with Crippen molar-refractivity contribution in [3.8, 4) is 0 Å². The number of amides is 2. The number of carboxylic acids is 1. The maximum Gasteiger partial charge on any atom is 0.410 e. The molecule has 3 rings (SSSR count). The van der Waals surface area contributed by atoms with Gasteiger partial charge >= 0.3 is 18.0 Å². The maximum atomic E-state index is 13.9. The second-order valence-corrected chi connectivity index (χ2v) is 13.8. The molecule has 264 valence electrons. The first-order valence-electron chi connectivity index (χ1n) is 16.4. The molecule has 1 aliphatic heterocycles. The van der Waals surface area contributed by atoms with E-state index < -0.39 is 54.0 Å². The van der Waals surface area contributed by atoms with Gasteiger partial charge in [-0.2, -0.15) is 0 Å². The molecule has 0 aromatic heterocycles. The highest BCUT2D eigenvalue weighted by Crippen LogP contribution is 2.35. The predicted octanol–water partition coefficient (Wildman–Crippen LogP) is 3.31. The minimum absolute atomic E-state index is 0.0477. The summed E-state index contributed by atoms with van der Waals surface area (Å²) in [5.74, 6) is -2.44. The quantitative estimate of drug-likeness (QED) is 0.198. The molecule has 1 aromatic rings. The van der Waals surface area contributed by atoms with Crippen LogP contribution in [0.1, 0.15) is 65.9 Å². The number of anilines is 1. The third kappa shape index (κ3) is 12.3. The molecule has 0 radical (unpaired) electrons. The minimum Gasteiger partial charge on any atom is -0.479 e. The van der Waals surface area contributed by atoms with Gasteiger partial charge in [-0.05, 0) is 70.1 Å². The van der Waals surface area contributed by atoms with Crippen LogP contribution in [-0.2, 0) is 39.8 Å². The van der Waals surface area contributed by atoms with Crippen molar-refractivity contribution < 1.29 is 48.3 Å².